The van der Waals surface area contributed by atoms with E-state index < -0.39 is 61.4 Å². The van der Waals surface area contributed by atoms with Crippen LogP contribution in [-0.2, 0) is 14.2 Å². The molecule has 0 amide bonds. The Balaban J connectivity index is 1.85. The van der Waals surface area contributed by atoms with Gasteiger partial charge in [-0.1, -0.05) is 0 Å². The number of hydrogen-bond donors (Lipinski definition) is 6. The third-order valence-electron chi connectivity index (χ3n) is 4.46. The highest BCUT2D eigenvalue weighted by Gasteiger charge is 2.51. The second kappa shape index (κ2) is 7.54. The summed E-state index contributed by atoms with van der Waals surface area (Å²) >= 11 is 0. The molecule has 1 aromatic rings. The van der Waals surface area contributed by atoms with Crippen LogP contribution in [0.4, 0.5) is 5.82 Å². The fraction of sp³-hybridized carbons (Fsp3) is 0.714. The zero-order valence-corrected chi connectivity index (χ0v) is 13.7. The highest BCUT2D eigenvalue weighted by atomic mass is 16.7. The van der Waals surface area contributed by atoms with Crippen LogP contribution in [0.3, 0.4) is 0 Å². The van der Waals surface area contributed by atoms with Gasteiger partial charge in [-0.05, 0) is 6.07 Å². The lowest BCUT2D eigenvalue weighted by Gasteiger charge is -2.26. The van der Waals surface area contributed by atoms with Crippen molar-refractivity contribution in [1.82, 2.24) is 9.55 Å². The van der Waals surface area contributed by atoms with Gasteiger partial charge in [-0.3, -0.25) is 4.57 Å². The van der Waals surface area contributed by atoms with Crippen LogP contribution >= 0.6 is 0 Å². The molecular weight excluding hydrogens is 352 g/mol. The maximum atomic E-state index is 12.1. The Hall–Kier alpha value is -1.64. The van der Waals surface area contributed by atoms with E-state index in [0.29, 0.717) is 0 Å². The zero-order chi connectivity index (χ0) is 19.0. The average molecular weight is 374 g/mol. The van der Waals surface area contributed by atoms with Crippen molar-refractivity contribution in [1.29, 1.82) is 0 Å². The van der Waals surface area contributed by atoms with Gasteiger partial charge in [0.05, 0.1) is 6.61 Å². The Morgan fingerprint density at radius 1 is 1.19 bits per heavy atom. The number of rotatable bonds is 5. The molecule has 0 radical (unpaired) electrons. The first-order valence-electron chi connectivity index (χ1n) is 8.03. The van der Waals surface area contributed by atoms with Crippen molar-refractivity contribution in [2.45, 2.75) is 49.1 Å². The van der Waals surface area contributed by atoms with Crippen LogP contribution in [0.5, 0.6) is 0 Å². The number of aliphatic hydroxyl groups is 4. The lowest BCUT2D eigenvalue weighted by Crippen LogP contribution is -2.43. The molecule has 0 bridgehead atoms. The topological polar surface area (TPSA) is 196 Å². The molecule has 12 heteroatoms. The molecular formula is C14H22N4O8. The van der Waals surface area contributed by atoms with Gasteiger partial charge in [-0.25, -0.2) is 4.79 Å². The molecule has 3 rings (SSSR count). The van der Waals surface area contributed by atoms with E-state index in [1.54, 1.807) is 0 Å². The molecule has 1 aromatic heterocycles. The van der Waals surface area contributed by atoms with Crippen LogP contribution in [0.2, 0.25) is 0 Å². The number of aromatic nitrogens is 2. The minimum Gasteiger partial charge on any atom is -0.394 e. The predicted molar refractivity (Wildman–Crippen MR) is 84.5 cm³/mol. The van der Waals surface area contributed by atoms with E-state index in [0.717, 1.165) is 4.57 Å². The molecule has 0 unspecified atom stereocenters. The zero-order valence-electron chi connectivity index (χ0n) is 13.7. The Labute approximate surface area is 147 Å². The van der Waals surface area contributed by atoms with Crippen LogP contribution in [0.25, 0.3) is 0 Å². The molecule has 0 spiro atoms. The van der Waals surface area contributed by atoms with Crippen LogP contribution in [-0.4, -0.2) is 86.0 Å². The SMILES string of the molecule is NC[C@H]1O[C@@H](O[C@@H]2[C@H](O)[C@@H](CO)O[C@H]2n2ccc(N)nc2=O)[C@H](O)[C@@H]1O. The second-order valence-electron chi connectivity index (χ2n) is 6.14. The molecule has 0 saturated carbocycles. The minimum atomic E-state index is -1.41. The fourth-order valence-corrected chi connectivity index (χ4v) is 3.04. The van der Waals surface area contributed by atoms with Crippen molar-refractivity contribution in [3.8, 4) is 0 Å². The van der Waals surface area contributed by atoms with Gasteiger partial charge in [0, 0.05) is 12.7 Å². The van der Waals surface area contributed by atoms with Gasteiger partial charge in [0.15, 0.2) is 12.5 Å². The van der Waals surface area contributed by atoms with Gasteiger partial charge in [-0.2, -0.15) is 4.98 Å². The first kappa shape index (κ1) is 19.1. The number of nitrogen functional groups attached to an aromatic ring is 1. The summed E-state index contributed by atoms with van der Waals surface area (Å²) in [6, 6.07) is 1.36. The van der Waals surface area contributed by atoms with Gasteiger partial charge >= 0.3 is 5.69 Å². The van der Waals surface area contributed by atoms with Crippen LogP contribution in [0.1, 0.15) is 6.23 Å². The molecule has 8 atom stereocenters. The van der Waals surface area contributed by atoms with E-state index in [1.165, 1.54) is 12.3 Å². The summed E-state index contributed by atoms with van der Waals surface area (Å²) < 4.78 is 17.5. The number of hydrogen-bond acceptors (Lipinski definition) is 11. The number of nitrogens with zero attached hydrogens (tertiary/aromatic N) is 2. The quantitative estimate of drug-likeness (QED) is 0.293. The van der Waals surface area contributed by atoms with E-state index in [1.807, 2.05) is 0 Å². The summed E-state index contributed by atoms with van der Waals surface area (Å²) in [5.74, 6) is 0.00410. The van der Waals surface area contributed by atoms with Crippen LogP contribution in [0.15, 0.2) is 17.1 Å². The van der Waals surface area contributed by atoms with Crippen LogP contribution in [0, 0.1) is 0 Å². The molecule has 8 N–H and O–H groups in total. The molecule has 2 saturated heterocycles. The molecule has 12 nitrogen and oxygen atoms in total. The summed E-state index contributed by atoms with van der Waals surface area (Å²) in [5, 5.41) is 39.7. The highest BCUT2D eigenvalue weighted by Crippen LogP contribution is 2.34. The van der Waals surface area contributed by atoms with Gasteiger partial charge in [0.25, 0.3) is 0 Å². The van der Waals surface area contributed by atoms with Crippen molar-refractivity contribution in [3.05, 3.63) is 22.7 Å². The Morgan fingerprint density at radius 3 is 2.50 bits per heavy atom. The molecule has 0 aromatic carbocycles. The first-order chi connectivity index (χ1) is 12.4. The predicted octanol–water partition coefficient (Wildman–Crippen LogP) is -4.13. The summed E-state index contributed by atoms with van der Waals surface area (Å²) in [4.78, 5) is 15.7. The lowest BCUT2D eigenvalue weighted by molar-refractivity contribution is -0.217. The van der Waals surface area contributed by atoms with E-state index >= 15 is 0 Å². The number of nitrogens with two attached hydrogens (primary N) is 2. The number of anilines is 1. The number of aliphatic hydroxyl groups excluding tert-OH is 4. The monoisotopic (exact) mass is 374 g/mol. The van der Waals surface area contributed by atoms with Crippen molar-refractivity contribution in [2.24, 2.45) is 5.73 Å². The molecule has 2 aliphatic heterocycles. The van der Waals surface area contributed by atoms with E-state index in [9.17, 15) is 25.2 Å². The molecule has 3 heterocycles. The maximum Gasteiger partial charge on any atom is 0.351 e. The van der Waals surface area contributed by atoms with E-state index in [4.69, 9.17) is 25.7 Å². The minimum absolute atomic E-state index is 0.00410. The third kappa shape index (κ3) is 3.33. The van der Waals surface area contributed by atoms with Crippen LogP contribution < -0.4 is 17.2 Å². The van der Waals surface area contributed by atoms with Gasteiger partial charge in [0.2, 0.25) is 0 Å². The fourth-order valence-electron chi connectivity index (χ4n) is 3.04. The molecule has 2 aliphatic rings. The van der Waals surface area contributed by atoms with Crippen molar-refractivity contribution in [3.63, 3.8) is 0 Å². The van der Waals surface area contributed by atoms with Gasteiger partial charge in [0.1, 0.15) is 42.4 Å². The summed E-state index contributed by atoms with van der Waals surface area (Å²) in [6.07, 6.45) is -8.25. The summed E-state index contributed by atoms with van der Waals surface area (Å²) in [7, 11) is 0. The maximum absolute atomic E-state index is 12.1. The lowest BCUT2D eigenvalue weighted by atomic mass is 10.1. The smallest absolute Gasteiger partial charge is 0.351 e. The second-order valence-corrected chi connectivity index (χ2v) is 6.14. The third-order valence-corrected chi connectivity index (χ3v) is 4.46. The molecule has 146 valence electrons. The number of ether oxygens (including phenoxy) is 3. The molecule has 0 aliphatic carbocycles. The van der Waals surface area contributed by atoms with E-state index in [2.05, 4.69) is 4.98 Å². The largest absolute Gasteiger partial charge is 0.394 e. The summed E-state index contributed by atoms with van der Waals surface area (Å²) in [6.45, 7) is -0.581. The normalized spacial score (nSPS) is 40.2. The Kier molecular flexibility index (Phi) is 5.55. The van der Waals surface area contributed by atoms with E-state index in [-0.39, 0.29) is 12.4 Å². The Bertz CT molecular complexity index is 687. The molecule has 2 fully saturated rings. The first-order valence-corrected chi connectivity index (χ1v) is 8.03. The average Bonchev–Trinajstić information content (AvgIpc) is 3.07. The Morgan fingerprint density at radius 2 is 1.92 bits per heavy atom. The van der Waals surface area contributed by atoms with Crippen molar-refractivity contribution in [2.75, 3.05) is 18.9 Å². The highest BCUT2D eigenvalue weighted by molar-refractivity contribution is 5.23. The van der Waals surface area contributed by atoms with Gasteiger partial charge in [-0.15, -0.1) is 0 Å². The van der Waals surface area contributed by atoms with Crippen molar-refractivity contribution >= 4 is 5.82 Å². The van der Waals surface area contributed by atoms with Gasteiger partial charge < -0.3 is 46.1 Å². The van der Waals surface area contributed by atoms with Crippen molar-refractivity contribution < 1.29 is 34.6 Å². The molecule has 26 heavy (non-hydrogen) atoms. The summed E-state index contributed by atoms with van der Waals surface area (Å²) in [5.41, 5.74) is 10.2. The standard InChI is InChI=1S/C14H22N4O8/c15-3-5-8(20)10(22)13(25-5)26-11-9(21)6(4-19)24-12(11)18-2-1-7(16)17-14(18)23/h1-2,5-6,8-13,19-22H,3-4,15H2,(H2,16,17,23)/t5-,6-,8-,9-,10-,11-,12-,13+/m1/s1.